The van der Waals surface area contributed by atoms with E-state index in [9.17, 15) is 0 Å². The third-order valence-corrected chi connectivity index (χ3v) is 4.73. The van der Waals surface area contributed by atoms with E-state index in [1.54, 1.807) is 0 Å². The van der Waals surface area contributed by atoms with E-state index in [-0.39, 0.29) is 6.04 Å². The normalized spacial score (nSPS) is 14.0. The molecule has 0 radical (unpaired) electrons. The zero-order valence-electron chi connectivity index (χ0n) is 14.0. The van der Waals surface area contributed by atoms with Gasteiger partial charge in [-0.1, -0.05) is 43.1 Å². The van der Waals surface area contributed by atoms with Gasteiger partial charge in [-0.15, -0.1) is 0 Å². The molecular weight excluding hydrogens is 324 g/mol. The summed E-state index contributed by atoms with van der Waals surface area (Å²) in [5.41, 5.74) is 8.94. The molecule has 1 aromatic carbocycles. The van der Waals surface area contributed by atoms with E-state index in [0.29, 0.717) is 6.04 Å². The molecule has 0 aliphatic heterocycles. The molecule has 0 saturated carbocycles. The quantitative estimate of drug-likeness (QED) is 0.665. The van der Waals surface area contributed by atoms with Gasteiger partial charge in [0.05, 0.1) is 0 Å². The molecule has 2 unspecified atom stereocenters. The van der Waals surface area contributed by atoms with Crippen molar-refractivity contribution in [1.82, 2.24) is 0 Å². The standard InChI is InChI=1S/C18H31BrN2/c1-5-8-11-21(14(4)6-2)18-10-9-16(19)12-15(18)13-17(20)7-3/h9-10,12,14,17H,5-8,11,13,20H2,1-4H3. The van der Waals surface area contributed by atoms with Crippen molar-refractivity contribution in [1.29, 1.82) is 0 Å². The zero-order valence-corrected chi connectivity index (χ0v) is 15.6. The minimum Gasteiger partial charge on any atom is -0.369 e. The third kappa shape index (κ3) is 5.63. The van der Waals surface area contributed by atoms with Crippen LogP contribution >= 0.6 is 15.9 Å². The summed E-state index contributed by atoms with van der Waals surface area (Å²) < 4.78 is 1.14. The minimum absolute atomic E-state index is 0.239. The molecule has 0 heterocycles. The monoisotopic (exact) mass is 354 g/mol. The second-order valence-corrected chi connectivity index (χ2v) is 6.87. The van der Waals surface area contributed by atoms with E-state index in [1.165, 1.54) is 30.5 Å². The highest BCUT2D eigenvalue weighted by Crippen LogP contribution is 2.28. The minimum atomic E-state index is 0.239. The van der Waals surface area contributed by atoms with Gasteiger partial charge < -0.3 is 10.6 Å². The summed E-state index contributed by atoms with van der Waals surface area (Å²) in [6, 6.07) is 7.45. The average molecular weight is 355 g/mol. The molecule has 0 aliphatic carbocycles. The van der Waals surface area contributed by atoms with E-state index in [1.807, 2.05) is 0 Å². The van der Waals surface area contributed by atoms with E-state index >= 15 is 0 Å². The maximum atomic E-state index is 6.20. The number of anilines is 1. The molecule has 2 nitrogen and oxygen atoms in total. The van der Waals surface area contributed by atoms with Crippen molar-refractivity contribution in [3.8, 4) is 0 Å². The van der Waals surface area contributed by atoms with Gasteiger partial charge in [-0.2, -0.15) is 0 Å². The first kappa shape index (κ1) is 18.5. The van der Waals surface area contributed by atoms with E-state index in [4.69, 9.17) is 5.73 Å². The van der Waals surface area contributed by atoms with Crippen molar-refractivity contribution in [3.05, 3.63) is 28.2 Å². The van der Waals surface area contributed by atoms with Gasteiger partial charge in [-0.3, -0.25) is 0 Å². The van der Waals surface area contributed by atoms with Gasteiger partial charge in [-0.05, 0) is 56.4 Å². The highest BCUT2D eigenvalue weighted by molar-refractivity contribution is 9.10. The second kappa shape index (κ2) is 9.47. The van der Waals surface area contributed by atoms with Crippen LogP contribution in [0, 0.1) is 0 Å². The lowest BCUT2D eigenvalue weighted by Gasteiger charge is -2.33. The Morgan fingerprint density at radius 3 is 2.48 bits per heavy atom. The largest absolute Gasteiger partial charge is 0.369 e. The van der Waals surface area contributed by atoms with E-state index < -0.39 is 0 Å². The Kier molecular flexibility index (Phi) is 8.35. The average Bonchev–Trinajstić information content (AvgIpc) is 2.48. The van der Waals surface area contributed by atoms with Crippen LogP contribution in [0.2, 0.25) is 0 Å². The number of nitrogens with two attached hydrogens (primary N) is 1. The third-order valence-electron chi connectivity index (χ3n) is 4.23. The van der Waals surface area contributed by atoms with E-state index in [0.717, 1.165) is 23.9 Å². The number of unbranched alkanes of at least 4 members (excludes halogenated alkanes) is 1. The van der Waals surface area contributed by atoms with E-state index in [2.05, 4.69) is 66.7 Å². The van der Waals surface area contributed by atoms with Crippen molar-refractivity contribution in [2.24, 2.45) is 5.73 Å². The van der Waals surface area contributed by atoms with Crippen molar-refractivity contribution in [3.63, 3.8) is 0 Å². The summed E-state index contributed by atoms with van der Waals surface area (Å²) >= 11 is 3.60. The first-order valence-electron chi connectivity index (χ1n) is 8.34. The Balaban J connectivity index is 3.10. The molecule has 1 rings (SSSR count). The fraction of sp³-hybridized carbons (Fsp3) is 0.667. The predicted molar refractivity (Wildman–Crippen MR) is 98.1 cm³/mol. The van der Waals surface area contributed by atoms with Crippen LogP contribution in [0.15, 0.2) is 22.7 Å². The van der Waals surface area contributed by atoms with Crippen molar-refractivity contribution < 1.29 is 0 Å². The van der Waals surface area contributed by atoms with Crippen LogP contribution in [-0.4, -0.2) is 18.6 Å². The molecule has 0 spiro atoms. The summed E-state index contributed by atoms with van der Waals surface area (Å²) in [5, 5.41) is 0. The Bertz CT molecular complexity index is 420. The molecule has 0 aromatic heterocycles. The molecule has 21 heavy (non-hydrogen) atoms. The van der Waals surface area contributed by atoms with Crippen LogP contribution in [0.1, 0.15) is 58.9 Å². The summed E-state index contributed by atoms with van der Waals surface area (Å²) in [6.45, 7) is 10.1. The highest BCUT2D eigenvalue weighted by Gasteiger charge is 2.17. The molecule has 0 saturated heterocycles. The topological polar surface area (TPSA) is 29.3 Å². The van der Waals surface area contributed by atoms with Crippen LogP contribution in [0.5, 0.6) is 0 Å². The zero-order chi connectivity index (χ0) is 15.8. The van der Waals surface area contributed by atoms with Gasteiger partial charge >= 0.3 is 0 Å². The van der Waals surface area contributed by atoms with Crippen molar-refractivity contribution in [2.45, 2.75) is 71.9 Å². The first-order chi connectivity index (χ1) is 10.0. The van der Waals surface area contributed by atoms with Gasteiger partial charge in [0.2, 0.25) is 0 Å². The lowest BCUT2D eigenvalue weighted by molar-refractivity contribution is 0.588. The lowest BCUT2D eigenvalue weighted by Crippen LogP contribution is -2.35. The number of halogens is 1. The Hall–Kier alpha value is -0.540. The first-order valence-corrected chi connectivity index (χ1v) is 9.13. The number of nitrogens with zero attached hydrogens (tertiary/aromatic N) is 1. The molecule has 0 fully saturated rings. The van der Waals surface area contributed by atoms with Gasteiger partial charge in [-0.25, -0.2) is 0 Å². The van der Waals surface area contributed by atoms with Gasteiger partial charge in [0.15, 0.2) is 0 Å². The molecule has 2 atom stereocenters. The number of benzene rings is 1. The van der Waals surface area contributed by atoms with Crippen LogP contribution in [0.25, 0.3) is 0 Å². The second-order valence-electron chi connectivity index (χ2n) is 5.95. The van der Waals surface area contributed by atoms with Crippen LogP contribution < -0.4 is 10.6 Å². The predicted octanol–water partition coefficient (Wildman–Crippen LogP) is 5.13. The molecule has 2 N–H and O–H groups in total. The van der Waals surface area contributed by atoms with Gasteiger partial charge in [0.25, 0.3) is 0 Å². The molecule has 1 aromatic rings. The Morgan fingerprint density at radius 2 is 1.90 bits per heavy atom. The van der Waals surface area contributed by atoms with Gasteiger partial charge in [0.1, 0.15) is 0 Å². The van der Waals surface area contributed by atoms with Gasteiger partial charge in [0, 0.05) is 28.8 Å². The van der Waals surface area contributed by atoms with Crippen LogP contribution in [0.3, 0.4) is 0 Å². The summed E-state index contributed by atoms with van der Waals surface area (Å²) in [5.74, 6) is 0. The number of hydrogen-bond acceptors (Lipinski definition) is 2. The van der Waals surface area contributed by atoms with Crippen molar-refractivity contribution in [2.75, 3.05) is 11.4 Å². The fourth-order valence-electron chi connectivity index (χ4n) is 2.55. The fourth-order valence-corrected chi connectivity index (χ4v) is 2.96. The summed E-state index contributed by atoms with van der Waals surface area (Å²) in [6.07, 6.45) is 5.60. The van der Waals surface area contributed by atoms with Crippen LogP contribution in [-0.2, 0) is 6.42 Å². The molecule has 0 aliphatic rings. The van der Waals surface area contributed by atoms with Crippen molar-refractivity contribution >= 4 is 21.6 Å². The molecule has 3 heteroatoms. The molecule has 0 bridgehead atoms. The number of rotatable bonds is 9. The summed E-state index contributed by atoms with van der Waals surface area (Å²) in [4.78, 5) is 2.56. The van der Waals surface area contributed by atoms with Crippen LogP contribution in [0.4, 0.5) is 5.69 Å². The Labute approximate surface area is 139 Å². The number of hydrogen-bond donors (Lipinski definition) is 1. The maximum absolute atomic E-state index is 6.20. The molecule has 120 valence electrons. The maximum Gasteiger partial charge on any atom is 0.0402 e. The Morgan fingerprint density at radius 1 is 1.19 bits per heavy atom. The lowest BCUT2D eigenvalue weighted by atomic mass is 10.0. The summed E-state index contributed by atoms with van der Waals surface area (Å²) in [7, 11) is 0. The highest BCUT2D eigenvalue weighted by atomic mass is 79.9. The smallest absolute Gasteiger partial charge is 0.0402 e. The molecule has 0 amide bonds. The SMILES string of the molecule is CCCCN(c1ccc(Br)cc1CC(N)CC)C(C)CC. The molecular formula is C18H31BrN2.